The summed E-state index contributed by atoms with van der Waals surface area (Å²) in [6.07, 6.45) is 4.00. The molecule has 0 aliphatic carbocycles. The number of carbonyl (C=O) groups is 1. The number of aryl methyl sites for hydroxylation is 2. The Morgan fingerprint density at radius 2 is 2.21 bits per heavy atom. The van der Waals surface area contributed by atoms with Crippen molar-refractivity contribution in [2.75, 3.05) is 5.32 Å². The maximum absolute atomic E-state index is 12.0. The number of nitrogens with one attached hydrogen (secondary N) is 1. The van der Waals surface area contributed by atoms with Crippen molar-refractivity contribution in [3.05, 3.63) is 47.8 Å². The molecule has 2 rings (SSSR count). The first-order chi connectivity index (χ1) is 9.06. The Balaban J connectivity index is 1.98. The molecule has 1 aromatic carbocycles. The number of rotatable bonds is 4. The summed E-state index contributed by atoms with van der Waals surface area (Å²) in [7, 11) is 0. The second kappa shape index (κ2) is 5.69. The van der Waals surface area contributed by atoms with Crippen LogP contribution in [0.3, 0.4) is 0 Å². The zero-order valence-electron chi connectivity index (χ0n) is 11.6. The lowest BCUT2D eigenvalue weighted by atomic mass is 10.1. The van der Waals surface area contributed by atoms with Crippen LogP contribution in [0.5, 0.6) is 0 Å². The first kappa shape index (κ1) is 13.3. The van der Waals surface area contributed by atoms with Gasteiger partial charge in [0.25, 0.3) is 0 Å². The molecule has 0 fully saturated rings. The van der Waals surface area contributed by atoms with Crippen LogP contribution in [-0.4, -0.2) is 15.7 Å². The van der Waals surface area contributed by atoms with Crippen LogP contribution in [0.1, 0.15) is 30.5 Å². The second-order valence-electron chi connectivity index (χ2n) is 4.91. The van der Waals surface area contributed by atoms with E-state index in [0.717, 1.165) is 11.3 Å². The lowest BCUT2D eigenvalue weighted by molar-refractivity contribution is -0.116. The van der Waals surface area contributed by atoms with Crippen LogP contribution in [0.15, 0.2) is 36.7 Å². The molecule has 1 atom stereocenters. The zero-order chi connectivity index (χ0) is 13.8. The largest absolute Gasteiger partial charge is 0.326 e. The van der Waals surface area contributed by atoms with E-state index in [9.17, 15) is 4.79 Å². The van der Waals surface area contributed by atoms with E-state index in [2.05, 4.69) is 16.5 Å². The molecule has 4 nitrogen and oxygen atoms in total. The highest BCUT2D eigenvalue weighted by molar-refractivity contribution is 5.91. The molecule has 0 spiro atoms. The van der Waals surface area contributed by atoms with Gasteiger partial charge < -0.3 is 5.32 Å². The third kappa shape index (κ3) is 3.44. The van der Waals surface area contributed by atoms with Gasteiger partial charge in [-0.3, -0.25) is 9.48 Å². The Bertz CT molecular complexity index is 561. The number of carbonyl (C=O) groups excluding carboxylic acids is 1. The third-order valence-electron chi connectivity index (χ3n) is 3.11. The molecule has 0 saturated carbocycles. The molecule has 0 saturated heterocycles. The van der Waals surface area contributed by atoms with E-state index >= 15 is 0 Å². The molecular weight excluding hydrogens is 238 g/mol. The first-order valence-electron chi connectivity index (χ1n) is 6.42. The van der Waals surface area contributed by atoms with Gasteiger partial charge in [0.1, 0.15) is 0 Å². The van der Waals surface area contributed by atoms with Crippen molar-refractivity contribution in [3.63, 3.8) is 0 Å². The van der Waals surface area contributed by atoms with Crippen molar-refractivity contribution < 1.29 is 4.79 Å². The summed E-state index contributed by atoms with van der Waals surface area (Å²) in [6.45, 7) is 6.02. The van der Waals surface area contributed by atoms with Gasteiger partial charge in [-0.1, -0.05) is 17.7 Å². The maximum atomic E-state index is 12.0. The van der Waals surface area contributed by atoms with E-state index in [1.165, 1.54) is 5.56 Å². The quantitative estimate of drug-likeness (QED) is 0.915. The summed E-state index contributed by atoms with van der Waals surface area (Å²) in [5, 5.41) is 7.09. The molecule has 1 N–H and O–H groups in total. The van der Waals surface area contributed by atoms with Crippen LogP contribution < -0.4 is 5.32 Å². The van der Waals surface area contributed by atoms with Crippen molar-refractivity contribution in [2.24, 2.45) is 0 Å². The number of amides is 1. The average molecular weight is 257 g/mol. The topological polar surface area (TPSA) is 46.9 Å². The van der Waals surface area contributed by atoms with E-state index < -0.39 is 0 Å². The van der Waals surface area contributed by atoms with Crippen molar-refractivity contribution in [2.45, 2.75) is 33.2 Å². The van der Waals surface area contributed by atoms with Gasteiger partial charge >= 0.3 is 0 Å². The van der Waals surface area contributed by atoms with E-state index in [-0.39, 0.29) is 11.9 Å². The van der Waals surface area contributed by atoms with Crippen LogP contribution in [-0.2, 0) is 4.79 Å². The van der Waals surface area contributed by atoms with Gasteiger partial charge in [0.2, 0.25) is 5.91 Å². The number of hydrogen-bond acceptors (Lipinski definition) is 2. The summed E-state index contributed by atoms with van der Waals surface area (Å²) in [6, 6.07) is 7.92. The van der Waals surface area contributed by atoms with E-state index in [0.29, 0.717) is 6.42 Å². The zero-order valence-corrected chi connectivity index (χ0v) is 11.6. The van der Waals surface area contributed by atoms with Gasteiger partial charge in [-0.15, -0.1) is 0 Å². The molecule has 2 aromatic rings. The highest BCUT2D eigenvalue weighted by atomic mass is 16.1. The van der Waals surface area contributed by atoms with Gasteiger partial charge in [-0.25, -0.2) is 0 Å². The number of hydrogen-bond donors (Lipinski definition) is 1. The van der Waals surface area contributed by atoms with Gasteiger partial charge in [-0.2, -0.15) is 5.10 Å². The molecule has 1 aromatic heterocycles. The van der Waals surface area contributed by atoms with Crippen LogP contribution in [0.25, 0.3) is 0 Å². The highest BCUT2D eigenvalue weighted by Crippen LogP contribution is 2.17. The molecule has 1 heterocycles. The summed E-state index contributed by atoms with van der Waals surface area (Å²) in [5.41, 5.74) is 3.16. The fraction of sp³-hybridized carbons (Fsp3) is 0.333. The van der Waals surface area contributed by atoms with E-state index in [1.54, 1.807) is 10.9 Å². The number of aromatic nitrogens is 2. The normalized spacial score (nSPS) is 12.2. The van der Waals surface area contributed by atoms with Gasteiger partial charge in [-0.05, 0) is 38.5 Å². The predicted octanol–water partition coefficient (Wildman–Crippen LogP) is 3.09. The SMILES string of the molecule is Cc1ccc(NC(=O)C[C@@H](C)n2cccn2)c(C)c1. The minimum atomic E-state index is 0.00922. The molecule has 4 heteroatoms. The third-order valence-corrected chi connectivity index (χ3v) is 3.11. The maximum Gasteiger partial charge on any atom is 0.226 e. The van der Waals surface area contributed by atoms with Gasteiger partial charge in [0.15, 0.2) is 0 Å². The summed E-state index contributed by atoms with van der Waals surface area (Å²) in [5.74, 6) is 0.00922. The van der Waals surface area contributed by atoms with Crippen molar-refractivity contribution in [1.82, 2.24) is 9.78 Å². The van der Waals surface area contributed by atoms with Crippen LogP contribution in [0, 0.1) is 13.8 Å². The van der Waals surface area contributed by atoms with E-state index in [4.69, 9.17) is 0 Å². The molecular formula is C15H19N3O. The smallest absolute Gasteiger partial charge is 0.226 e. The molecule has 100 valence electrons. The number of anilines is 1. The summed E-state index contributed by atoms with van der Waals surface area (Å²) >= 11 is 0. The van der Waals surface area contributed by atoms with Crippen LogP contribution in [0.4, 0.5) is 5.69 Å². The number of benzene rings is 1. The minimum Gasteiger partial charge on any atom is -0.326 e. The van der Waals surface area contributed by atoms with Crippen molar-refractivity contribution >= 4 is 11.6 Å². The molecule has 1 amide bonds. The Kier molecular flexibility index (Phi) is 4.00. The molecule has 0 bridgehead atoms. The molecule has 0 aliphatic heterocycles. The average Bonchev–Trinajstić information content (AvgIpc) is 2.86. The fourth-order valence-corrected chi connectivity index (χ4v) is 2.06. The number of nitrogens with zero attached hydrogens (tertiary/aromatic N) is 2. The summed E-state index contributed by atoms with van der Waals surface area (Å²) < 4.78 is 1.79. The van der Waals surface area contributed by atoms with E-state index in [1.807, 2.05) is 45.2 Å². The first-order valence-corrected chi connectivity index (χ1v) is 6.42. The van der Waals surface area contributed by atoms with Crippen LogP contribution >= 0.6 is 0 Å². The summed E-state index contributed by atoms with van der Waals surface area (Å²) in [4.78, 5) is 12.0. The Morgan fingerprint density at radius 1 is 1.42 bits per heavy atom. The predicted molar refractivity (Wildman–Crippen MR) is 76.1 cm³/mol. The molecule has 0 radical (unpaired) electrons. The van der Waals surface area contributed by atoms with Gasteiger partial charge in [0, 0.05) is 24.5 Å². The minimum absolute atomic E-state index is 0.00922. The highest BCUT2D eigenvalue weighted by Gasteiger charge is 2.11. The van der Waals surface area contributed by atoms with Crippen molar-refractivity contribution in [1.29, 1.82) is 0 Å². The lowest BCUT2D eigenvalue weighted by Gasteiger charge is -2.13. The molecule has 19 heavy (non-hydrogen) atoms. The van der Waals surface area contributed by atoms with Gasteiger partial charge in [0.05, 0.1) is 6.04 Å². The van der Waals surface area contributed by atoms with Crippen molar-refractivity contribution in [3.8, 4) is 0 Å². The molecule has 0 unspecified atom stereocenters. The lowest BCUT2D eigenvalue weighted by Crippen LogP contribution is -2.18. The monoisotopic (exact) mass is 257 g/mol. The Labute approximate surface area is 113 Å². The Hall–Kier alpha value is -2.10. The Morgan fingerprint density at radius 3 is 2.84 bits per heavy atom. The standard InChI is InChI=1S/C15H19N3O/c1-11-5-6-14(12(2)9-11)17-15(19)10-13(3)18-8-4-7-16-18/h4-9,13H,10H2,1-3H3,(H,17,19)/t13-/m1/s1. The molecule has 0 aliphatic rings. The van der Waals surface area contributed by atoms with Crippen LogP contribution in [0.2, 0.25) is 0 Å². The fourth-order valence-electron chi connectivity index (χ4n) is 2.06. The second-order valence-corrected chi connectivity index (χ2v) is 4.91.